The first-order chi connectivity index (χ1) is 13.7. The van der Waals surface area contributed by atoms with E-state index in [9.17, 15) is 9.59 Å². The summed E-state index contributed by atoms with van der Waals surface area (Å²) in [5.41, 5.74) is 2.78. The molecule has 0 bridgehead atoms. The van der Waals surface area contributed by atoms with E-state index in [0.29, 0.717) is 18.8 Å². The van der Waals surface area contributed by atoms with Crippen LogP contribution in [0.2, 0.25) is 0 Å². The number of amides is 2. The van der Waals surface area contributed by atoms with Crippen molar-refractivity contribution < 1.29 is 14.3 Å². The van der Waals surface area contributed by atoms with Gasteiger partial charge >= 0.3 is 6.09 Å². The molecule has 2 amide bonds. The first-order valence-electron chi connectivity index (χ1n) is 9.03. The lowest BCUT2D eigenvalue weighted by Gasteiger charge is -2.18. The zero-order chi connectivity index (χ0) is 19.8. The van der Waals surface area contributed by atoms with E-state index >= 15 is 0 Å². The third-order valence-corrected chi connectivity index (χ3v) is 4.50. The number of rotatable bonds is 8. The molecule has 146 valence electrons. The average molecular weight is 400 g/mol. The maximum atomic E-state index is 12.5. The first-order valence-corrected chi connectivity index (χ1v) is 9.56. The molecule has 1 heterocycles. The van der Waals surface area contributed by atoms with Gasteiger partial charge < -0.3 is 20.4 Å². The van der Waals surface area contributed by atoms with Crippen molar-refractivity contribution in [3.05, 3.63) is 71.9 Å². The Hall–Kier alpha value is -2.99. The summed E-state index contributed by atoms with van der Waals surface area (Å²) < 4.78 is 5.26. The Morgan fingerprint density at radius 1 is 1.07 bits per heavy atom. The molecule has 0 aliphatic rings. The van der Waals surface area contributed by atoms with Gasteiger partial charge in [0, 0.05) is 35.9 Å². The van der Waals surface area contributed by atoms with Gasteiger partial charge in [0.25, 0.3) is 0 Å². The molecule has 0 radical (unpaired) electrons. The predicted octanol–water partition coefficient (Wildman–Crippen LogP) is 3.36. The minimum absolute atomic E-state index is 0.135. The van der Waals surface area contributed by atoms with Gasteiger partial charge in [0.2, 0.25) is 5.91 Å². The largest absolute Gasteiger partial charge is 0.445 e. The van der Waals surface area contributed by atoms with Crippen LogP contribution in [0.15, 0.2) is 60.8 Å². The molecule has 6 nitrogen and oxygen atoms in total. The van der Waals surface area contributed by atoms with E-state index in [1.165, 1.54) is 0 Å². The maximum Gasteiger partial charge on any atom is 0.408 e. The van der Waals surface area contributed by atoms with Crippen molar-refractivity contribution in [1.82, 2.24) is 15.6 Å². The van der Waals surface area contributed by atoms with Gasteiger partial charge in [-0.2, -0.15) is 0 Å². The fourth-order valence-corrected chi connectivity index (χ4v) is 3.02. The SMILES string of the molecule is O=C(N[C@@H](Cc1c[nH]c2ccccc12)C(=O)NCCCl)OCc1ccccc1. The highest BCUT2D eigenvalue weighted by molar-refractivity contribution is 6.18. The number of aromatic amines is 1. The van der Waals surface area contributed by atoms with E-state index in [1.54, 1.807) is 0 Å². The highest BCUT2D eigenvalue weighted by Gasteiger charge is 2.23. The molecule has 0 saturated carbocycles. The van der Waals surface area contributed by atoms with Crippen LogP contribution >= 0.6 is 11.6 Å². The molecular formula is C21H22ClN3O3. The fourth-order valence-electron chi connectivity index (χ4n) is 2.93. The second-order valence-corrected chi connectivity index (χ2v) is 6.68. The van der Waals surface area contributed by atoms with Gasteiger partial charge in [-0.1, -0.05) is 48.5 Å². The van der Waals surface area contributed by atoms with Crippen molar-refractivity contribution >= 4 is 34.5 Å². The maximum absolute atomic E-state index is 12.5. The number of carbonyl (C=O) groups is 2. The van der Waals surface area contributed by atoms with Gasteiger partial charge in [-0.15, -0.1) is 11.6 Å². The standard InChI is InChI=1S/C21H22ClN3O3/c22-10-11-23-20(26)19(12-16-13-24-18-9-5-4-8-17(16)18)25-21(27)28-14-15-6-2-1-3-7-15/h1-9,13,19,24H,10-12,14H2,(H,23,26)(H,25,27)/t19-/m0/s1. The number of benzene rings is 2. The van der Waals surface area contributed by atoms with Crippen molar-refractivity contribution in [2.24, 2.45) is 0 Å². The number of alkyl halides is 1. The molecule has 0 aliphatic heterocycles. The lowest BCUT2D eigenvalue weighted by molar-refractivity contribution is -0.122. The van der Waals surface area contributed by atoms with Gasteiger partial charge in [0.15, 0.2) is 0 Å². The highest BCUT2D eigenvalue weighted by atomic mass is 35.5. The number of nitrogens with one attached hydrogen (secondary N) is 3. The van der Waals surface area contributed by atoms with Crippen LogP contribution in [-0.4, -0.2) is 35.5 Å². The second kappa shape index (κ2) is 9.80. The van der Waals surface area contributed by atoms with Crippen LogP contribution in [0.4, 0.5) is 4.79 Å². The molecule has 0 saturated heterocycles. The van der Waals surface area contributed by atoms with E-state index in [4.69, 9.17) is 16.3 Å². The predicted molar refractivity (Wildman–Crippen MR) is 109 cm³/mol. The van der Waals surface area contributed by atoms with Crippen LogP contribution in [0.1, 0.15) is 11.1 Å². The Balaban J connectivity index is 1.67. The molecule has 3 N–H and O–H groups in total. The van der Waals surface area contributed by atoms with Crippen molar-refractivity contribution in [3.8, 4) is 0 Å². The second-order valence-electron chi connectivity index (χ2n) is 6.30. The van der Waals surface area contributed by atoms with E-state index in [2.05, 4.69) is 15.6 Å². The summed E-state index contributed by atoms with van der Waals surface area (Å²) in [5.74, 6) is -0.00752. The number of para-hydroxylation sites is 1. The molecule has 1 aromatic heterocycles. The number of aromatic nitrogens is 1. The van der Waals surface area contributed by atoms with Crippen LogP contribution in [0.25, 0.3) is 10.9 Å². The van der Waals surface area contributed by atoms with Crippen LogP contribution in [0.3, 0.4) is 0 Å². The summed E-state index contributed by atoms with van der Waals surface area (Å²) in [6.07, 6.45) is 1.54. The highest BCUT2D eigenvalue weighted by Crippen LogP contribution is 2.19. The summed E-state index contributed by atoms with van der Waals surface area (Å²) in [4.78, 5) is 28.0. The first kappa shape index (κ1) is 19.8. The van der Waals surface area contributed by atoms with Crippen molar-refractivity contribution in [1.29, 1.82) is 0 Å². The van der Waals surface area contributed by atoms with Gasteiger partial charge in [0.05, 0.1) is 0 Å². The van der Waals surface area contributed by atoms with Crippen LogP contribution < -0.4 is 10.6 Å². The van der Waals surface area contributed by atoms with Gasteiger partial charge in [-0.05, 0) is 17.2 Å². The van der Waals surface area contributed by atoms with Crippen molar-refractivity contribution in [2.45, 2.75) is 19.1 Å². The summed E-state index contributed by atoms with van der Waals surface area (Å²) in [6.45, 7) is 0.460. The number of carbonyl (C=O) groups excluding carboxylic acids is 2. The molecule has 1 atom stereocenters. The molecular weight excluding hydrogens is 378 g/mol. The third-order valence-electron chi connectivity index (χ3n) is 4.31. The van der Waals surface area contributed by atoms with E-state index in [0.717, 1.165) is 22.0 Å². The van der Waals surface area contributed by atoms with Gasteiger partial charge in [-0.3, -0.25) is 4.79 Å². The molecule has 3 aromatic rings. The molecule has 7 heteroatoms. The number of ether oxygens (including phenoxy) is 1. The van der Waals surface area contributed by atoms with Crippen molar-refractivity contribution in [3.63, 3.8) is 0 Å². The van der Waals surface area contributed by atoms with Gasteiger partial charge in [0.1, 0.15) is 12.6 Å². The summed E-state index contributed by atoms with van der Waals surface area (Å²) >= 11 is 5.66. The van der Waals surface area contributed by atoms with Gasteiger partial charge in [-0.25, -0.2) is 4.79 Å². The molecule has 2 aromatic carbocycles. The normalized spacial score (nSPS) is 11.8. The smallest absolute Gasteiger partial charge is 0.408 e. The minimum Gasteiger partial charge on any atom is -0.445 e. The van der Waals surface area contributed by atoms with Crippen LogP contribution in [0, 0.1) is 0 Å². The molecule has 0 fully saturated rings. The number of fused-ring (bicyclic) bond motifs is 1. The zero-order valence-electron chi connectivity index (χ0n) is 15.3. The Morgan fingerprint density at radius 2 is 1.82 bits per heavy atom. The average Bonchev–Trinajstić information content (AvgIpc) is 3.13. The topological polar surface area (TPSA) is 83.2 Å². The monoisotopic (exact) mass is 399 g/mol. The number of H-pyrrole nitrogens is 1. The van der Waals surface area contributed by atoms with Crippen LogP contribution in [0.5, 0.6) is 0 Å². The summed E-state index contributed by atoms with van der Waals surface area (Å²) in [5, 5.41) is 6.40. The summed E-state index contributed by atoms with van der Waals surface area (Å²) in [6, 6.07) is 16.4. The van der Waals surface area contributed by atoms with Crippen molar-refractivity contribution in [2.75, 3.05) is 12.4 Å². The Bertz CT molecular complexity index is 927. The minimum atomic E-state index is -0.773. The Kier molecular flexibility index (Phi) is 6.92. The molecule has 0 spiro atoms. The molecule has 28 heavy (non-hydrogen) atoms. The summed E-state index contributed by atoms with van der Waals surface area (Å²) in [7, 11) is 0. The number of hydrogen-bond donors (Lipinski definition) is 3. The van der Waals surface area contributed by atoms with E-state index in [-0.39, 0.29) is 12.5 Å². The lowest BCUT2D eigenvalue weighted by Crippen LogP contribution is -2.48. The number of alkyl carbamates (subject to hydrolysis) is 1. The molecule has 3 rings (SSSR count). The quantitative estimate of drug-likeness (QED) is 0.508. The zero-order valence-corrected chi connectivity index (χ0v) is 16.0. The molecule has 0 aliphatic carbocycles. The molecule has 0 unspecified atom stereocenters. The Morgan fingerprint density at radius 3 is 2.61 bits per heavy atom. The van der Waals surface area contributed by atoms with E-state index in [1.807, 2.05) is 60.8 Å². The van der Waals surface area contributed by atoms with E-state index < -0.39 is 12.1 Å². The Labute approximate surface area is 168 Å². The number of hydrogen-bond acceptors (Lipinski definition) is 3. The number of halogens is 1. The third kappa shape index (κ3) is 5.27. The van der Waals surface area contributed by atoms with Crippen LogP contribution in [-0.2, 0) is 22.6 Å². The fraction of sp³-hybridized carbons (Fsp3) is 0.238. The lowest BCUT2D eigenvalue weighted by atomic mass is 10.0.